The van der Waals surface area contributed by atoms with E-state index in [9.17, 15) is 23.1 Å². The molecule has 0 unspecified atom stereocenters. The molecule has 0 bridgehead atoms. The third-order valence-corrected chi connectivity index (χ3v) is 2.49. The molecule has 0 saturated carbocycles. The van der Waals surface area contributed by atoms with E-state index >= 15 is 0 Å². The van der Waals surface area contributed by atoms with Gasteiger partial charge >= 0.3 is 12.3 Å². The molecule has 1 aromatic heterocycles. The second-order valence-electron chi connectivity index (χ2n) is 3.97. The molecule has 0 fully saturated rings. The Bertz CT molecular complexity index is 668. The van der Waals surface area contributed by atoms with E-state index < -0.39 is 23.8 Å². The van der Waals surface area contributed by atoms with Crippen molar-refractivity contribution in [3.63, 3.8) is 0 Å². The van der Waals surface area contributed by atoms with E-state index in [4.69, 9.17) is 5.11 Å². The number of aromatic nitrogens is 1. The minimum atomic E-state index is -4.77. The van der Waals surface area contributed by atoms with Crippen LogP contribution in [0.1, 0.15) is 10.5 Å². The van der Waals surface area contributed by atoms with Crippen molar-refractivity contribution < 1.29 is 32.9 Å². The summed E-state index contributed by atoms with van der Waals surface area (Å²) in [4.78, 5) is 14.3. The molecule has 0 amide bonds. The van der Waals surface area contributed by atoms with Crippen LogP contribution in [0, 0.1) is 0 Å². The molecule has 0 radical (unpaired) electrons. The molecule has 1 aromatic carbocycles. The Labute approximate surface area is 116 Å². The summed E-state index contributed by atoms with van der Waals surface area (Å²) < 4.78 is 39.8. The van der Waals surface area contributed by atoms with Crippen molar-refractivity contribution in [2.24, 2.45) is 0 Å². The molecule has 2 aromatic rings. The van der Waals surface area contributed by atoms with Gasteiger partial charge in [-0.15, -0.1) is 13.2 Å². The number of carboxylic acid groups (broad SMARTS) is 1. The maximum absolute atomic E-state index is 12.0. The Morgan fingerprint density at radius 1 is 1.14 bits per heavy atom. The van der Waals surface area contributed by atoms with E-state index in [2.05, 4.69) is 9.72 Å². The number of halogens is 3. The van der Waals surface area contributed by atoms with Crippen LogP contribution < -0.4 is 4.74 Å². The predicted octanol–water partition coefficient (Wildman–Crippen LogP) is 3.05. The van der Waals surface area contributed by atoms with Crippen LogP contribution in [0.4, 0.5) is 13.2 Å². The monoisotopic (exact) mass is 299 g/mol. The molecule has 2 N–H and O–H groups in total. The van der Waals surface area contributed by atoms with E-state index in [1.807, 2.05) is 0 Å². The summed E-state index contributed by atoms with van der Waals surface area (Å²) in [6, 6.07) is 6.03. The third kappa shape index (κ3) is 3.62. The lowest BCUT2D eigenvalue weighted by molar-refractivity contribution is -0.274. The first kappa shape index (κ1) is 14.6. The zero-order valence-corrected chi connectivity index (χ0v) is 10.3. The van der Waals surface area contributed by atoms with Crippen LogP contribution in [0.15, 0.2) is 36.5 Å². The molecule has 0 aliphatic carbocycles. The Morgan fingerprint density at radius 3 is 2.24 bits per heavy atom. The molecule has 8 heteroatoms. The topological polar surface area (TPSA) is 79.7 Å². The molecular formula is C13H8F3NO4. The smallest absolute Gasteiger partial charge is 0.505 e. The van der Waals surface area contributed by atoms with E-state index in [1.54, 1.807) is 0 Å². The number of carboxylic acids is 1. The van der Waals surface area contributed by atoms with Gasteiger partial charge in [0.25, 0.3) is 0 Å². The average molecular weight is 299 g/mol. The van der Waals surface area contributed by atoms with Crippen molar-refractivity contribution in [3.8, 4) is 22.6 Å². The van der Waals surface area contributed by atoms with Crippen LogP contribution in [0.5, 0.6) is 11.5 Å². The van der Waals surface area contributed by atoms with Crippen LogP contribution in [-0.4, -0.2) is 27.5 Å². The van der Waals surface area contributed by atoms with Crippen LogP contribution >= 0.6 is 0 Å². The fourth-order valence-electron chi connectivity index (χ4n) is 1.62. The minimum absolute atomic E-state index is 0.357. The minimum Gasteiger partial charge on any atom is -0.505 e. The fraction of sp³-hybridized carbons (Fsp3) is 0.0769. The predicted molar refractivity (Wildman–Crippen MR) is 65.0 cm³/mol. The van der Waals surface area contributed by atoms with E-state index in [1.165, 1.54) is 18.3 Å². The van der Waals surface area contributed by atoms with Crippen molar-refractivity contribution in [1.29, 1.82) is 0 Å². The van der Waals surface area contributed by atoms with Crippen molar-refractivity contribution in [3.05, 3.63) is 42.2 Å². The summed E-state index contributed by atoms with van der Waals surface area (Å²) in [5, 5.41) is 18.2. The van der Waals surface area contributed by atoms with Crippen molar-refractivity contribution in [1.82, 2.24) is 4.98 Å². The molecule has 0 aliphatic rings. The molecule has 0 spiro atoms. The second-order valence-corrected chi connectivity index (χ2v) is 3.97. The van der Waals surface area contributed by atoms with Crippen LogP contribution in [0.3, 0.4) is 0 Å². The Hall–Kier alpha value is -2.77. The summed E-state index contributed by atoms with van der Waals surface area (Å²) >= 11 is 0. The number of hydrogen-bond donors (Lipinski definition) is 2. The zero-order chi connectivity index (χ0) is 15.6. The largest absolute Gasteiger partial charge is 0.573 e. The third-order valence-electron chi connectivity index (χ3n) is 2.49. The van der Waals surface area contributed by atoms with Crippen LogP contribution in [-0.2, 0) is 0 Å². The highest BCUT2D eigenvalue weighted by Gasteiger charge is 2.30. The number of aromatic hydroxyl groups is 1. The Kier molecular flexibility index (Phi) is 3.70. The van der Waals surface area contributed by atoms with Gasteiger partial charge in [-0.2, -0.15) is 0 Å². The van der Waals surface area contributed by atoms with Gasteiger partial charge in [-0.1, -0.05) is 12.1 Å². The summed E-state index contributed by atoms with van der Waals surface area (Å²) in [7, 11) is 0. The highest BCUT2D eigenvalue weighted by Crippen LogP contribution is 2.28. The molecular weight excluding hydrogens is 291 g/mol. The zero-order valence-electron chi connectivity index (χ0n) is 10.3. The van der Waals surface area contributed by atoms with Gasteiger partial charge in [0.1, 0.15) is 11.5 Å². The van der Waals surface area contributed by atoms with Gasteiger partial charge in [0.15, 0.2) is 5.69 Å². The highest BCUT2D eigenvalue weighted by atomic mass is 19.4. The Balaban J connectivity index is 2.27. The van der Waals surface area contributed by atoms with Crippen LogP contribution in [0.2, 0.25) is 0 Å². The van der Waals surface area contributed by atoms with Gasteiger partial charge < -0.3 is 14.9 Å². The molecule has 21 heavy (non-hydrogen) atoms. The maximum atomic E-state index is 12.0. The first-order valence-electron chi connectivity index (χ1n) is 5.55. The van der Waals surface area contributed by atoms with Gasteiger partial charge in [0, 0.05) is 11.8 Å². The fourth-order valence-corrected chi connectivity index (χ4v) is 1.62. The number of benzene rings is 1. The molecule has 110 valence electrons. The van der Waals surface area contributed by atoms with Crippen molar-refractivity contribution in [2.75, 3.05) is 0 Å². The quantitative estimate of drug-likeness (QED) is 0.910. The molecule has 0 aliphatic heterocycles. The first-order chi connectivity index (χ1) is 9.76. The number of hydrogen-bond acceptors (Lipinski definition) is 4. The Morgan fingerprint density at radius 2 is 1.76 bits per heavy atom. The summed E-state index contributed by atoms with van der Waals surface area (Å²) in [5.74, 6) is -2.30. The molecule has 0 atom stereocenters. The maximum Gasteiger partial charge on any atom is 0.573 e. The SMILES string of the molecule is O=C(O)c1ncc(-c2ccc(OC(F)(F)F)cc2)cc1O. The first-order valence-corrected chi connectivity index (χ1v) is 5.55. The van der Waals surface area contributed by atoms with Gasteiger partial charge in [-0.3, -0.25) is 0 Å². The van der Waals surface area contributed by atoms with E-state index in [0.717, 1.165) is 18.2 Å². The number of rotatable bonds is 3. The van der Waals surface area contributed by atoms with Gasteiger partial charge in [0.05, 0.1) is 0 Å². The van der Waals surface area contributed by atoms with Gasteiger partial charge in [0.2, 0.25) is 0 Å². The lowest BCUT2D eigenvalue weighted by atomic mass is 10.1. The molecule has 5 nitrogen and oxygen atoms in total. The second kappa shape index (κ2) is 5.31. The standard InChI is InChI=1S/C13H8F3NO4/c14-13(15,16)21-9-3-1-7(2-4-9)8-5-10(18)11(12(19)20)17-6-8/h1-6,18H,(H,19,20). The number of carbonyl (C=O) groups is 1. The normalized spacial score (nSPS) is 11.2. The highest BCUT2D eigenvalue weighted by molar-refractivity contribution is 5.89. The summed E-state index contributed by atoms with van der Waals surface area (Å²) in [6.45, 7) is 0. The van der Waals surface area contributed by atoms with Crippen molar-refractivity contribution >= 4 is 5.97 Å². The molecule has 1 heterocycles. The average Bonchev–Trinajstić information content (AvgIpc) is 2.37. The van der Waals surface area contributed by atoms with E-state index in [-0.39, 0.29) is 5.75 Å². The molecule has 0 saturated heterocycles. The van der Waals surface area contributed by atoms with Crippen LogP contribution in [0.25, 0.3) is 11.1 Å². The molecule has 2 rings (SSSR count). The number of aromatic carboxylic acids is 1. The van der Waals surface area contributed by atoms with E-state index in [0.29, 0.717) is 11.1 Å². The number of pyridine rings is 1. The van der Waals surface area contributed by atoms with Gasteiger partial charge in [-0.25, -0.2) is 9.78 Å². The number of alkyl halides is 3. The van der Waals surface area contributed by atoms with Crippen molar-refractivity contribution in [2.45, 2.75) is 6.36 Å². The van der Waals surface area contributed by atoms with Gasteiger partial charge in [-0.05, 0) is 23.8 Å². The number of ether oxygens (including phenoxy) is 1. The summed E-state index contributed by atoms with van der Waals surface area (Å²) in [6.07, 6.45) is -3.58. The lowest BCUT2D eigenvalue weighted by Crippen LogP contribution is -2.16. The number of nitrogens with zero attached hydrogens (tertiary/aromatic N) is 1. The lowest BCUT2D eigenvalue weighted by Gasteiger charge is -2.09. The summed E-state index contributed by atoms with van der Waals surface area (Å²) in [5.41, 5.74) is 0.302.